The summed E-state index contributed by atoms with van der Waals surface area (Å²) < 4.78 is 0. The van der Waals surface area contributed by atoms with E-state index < -0.39 is 0 Å². The van der Waals surface area contributed by atoms with Gasteiger partial charge in [-0.15, -0.1) is 0 Å². The van der Waals surface area contributed by atoms with E-state index in [0.717, 1.165) is 5.69 Å². The van der Waals surface area contributed by atoms with E-state index in [1.54, 1.807) is 0 Å². The number of benzene rings is 1. The molecule has 0 unspecified atom stereocenters. The van der Waals surface area contributed by atoms with Gasteiger partial charge in [-0.05, 0) is 25.3 Å². The molecule has 0 saturated heterocycles. The van der Waals surface area contributed by atoms with Crippen molar-refractivity contribution in [1.29, 1.82) is 0 Å². The van der Waals surface area contributed by atoms with Gasteiger partial charge in [0.05, 0.1) is 0 Å². The van der Waals surface area contributed by atoms with Crippen LogP contribution in [-0.2, 0) is 0 Å². The second kappa shape index (κ2) is 2.59. The van der Waals surface area contributed by atoms with Gasteiger partial charge in [-0.3, -0.25) is 4.98 Å². The molecule has 1 heteroatoms. The zero-order valence-corrected chi connectivity index (χ0v) is 7.33. The number of pyridine rings is 1. The molecule has 0 saturated carbocycles. The first-order valence-electron chi connectivity index (χ1n) is 4.09. The molecule has 0 radical (unpaired) electrons. The van der Waals surface area contributed by atoms with Gasteiger partial charge in [0.1, 0.15) is 0 Å². The molecule has 0 atom stereocenters. The van der Waals surface area contributed by atoms with Crippen molar-refractivity contribution in [1.82, 2.24) is 4.98 Å². The van der Waals surface area contributed by atoms with Crippen LogP contribution in [0.1, 0.15) is 11.3 Å². The van der Waals surface area contributed by atoms with Gasteiger partial charge in [0.25, 0.3) is 0 Å². The fourth-order valence-corrected chi connectivity index (χ4v) is 1.45. The molecule has 1 nitrogen and oxygen atoms in total. The zero-order chi connectivity index (χ0) is 8.55. The van der Waals surface area contributed by atoms with Crippen molar-refractivity contribution < 1.29 is 0 Å². The lowest BCUT2D eigenvalue weighted by atomic mass is 10.1. The second-order valence-corrected chi connectivity index (χ2v) is 3.12. The lowest BCUT2D eigenvalue weighted by Gasteiger charge is -2.00. The Kier molecular flexibility index (Phi) is 1.58. The molecular weight excluding hydrogens is 146 g/mol. The van der Waals surface area contributed by atoms with Gasteiger partial charge in [-0.2, -0.15) is 0 Å². The predicted molar refractivity (Wildman–Crippen MR) is 51.2 cm³/mol. The van der Waals surface area contributed by atoms with E-state index in [4.69, 9.17) is 0 Å². The van der Waals surface area contributed by atoms with Crippen molar-refractivity contribution in [3.8, 4) is 0 Å². The van der Waals surface area contributed by atoms with Crippen LogP contribution < -0.4 is 0 Å². The average molecular weight is 157 g/mol. The number of rotatable bonds is 0. The van der Waals surface area contributed by atoms with Crippen LogP contribution in [-0.4, -0.2) is 4.98 Å². The molecule has 0 N–H and O–H groups in total. The summed E-state index contributed by atoms with van der Waals surface area (Å²) in [4.78, 5) is 4.24. The Bertz CT molecular complexity index is 418. The minimum absolute atomic E-state index is 1.10. The molecule has 2 rings (SSSR count). The molecular formula is C11H11N. The third-order valence-corrected chi connectivity index (χ3v) is 2.12. The van der Waals surface area contributed by atoms with E-state index in [1.165, 1.54) is 16.3 Å². The maximum absolute atomic E-state index is 4.24. The van der Waals surface area contributed by atoms with E-state index in [9.17, 15) is 0 Å². The lowest BCUT2D eigenvalue weighted by molar-refractivity contribution is 1.23. The van der Waals surface area contributed by atoms with Gasteiger partial charge in [0.2, 0.25) is 0 Å². The molecule has 0 bridgehead atoms. The van der Waals surface area contributed by atoms with E-state index in [-0.39, 0.29) is 0 Å². The van der Waals surface area contributed by atoms with Gasteiger partial charge in [-0.1, -0.05) is 23.8 Å². The number of nitrogens with zero attached hydrogens (tertiary/aromatic N) is 1. The quantitative estimate of drug-likeness (QED) is 0.573. The Morgan fingerprint density at radius 2 is 1.92 bits per heavy atom. The maximum atomic E-state index is 4.24. The predicted octanol–water partition coefficient (Wildman–Crippen LogP) is 2.85. The van der Waals surface area contributed by atoms with Crippen LogP contribution in [0.4, 0.5) is 0 Å². The van der Waals surface area contributed by atoms with Gasteiger partial charge in [0, 0.05) is 17.3 Å². The highest BCUT2D eigenvalue weighted by atomic mass is 14.7. The molecule has 60 valence electrons. The molecule has 0 aliphatic heterocycles. The summed E-state index contributed by atoms with van der Waals surface area (Å²) >= 11 is 0. The number of aryl methyl sites for hydroxylation is 2. The Labute approximate surface area is 72.1 Å². The highest BCUT2D eigenvalue weighted by Gasteiger charge is 1.96. The smallest absolute Gasteiger partial charge is 0.0450 e. The summed E-state index contributed by atoms with van der Waals surface area (Å²) in [5.74, 6) is 0. The maximum Gasteiger partial charge on any atom is 0.0450 e. The molecule has 0 aliphatic carbocycles. The average Bonchev–Trinajstić information content (AvgIpc) is 2.04. The van der Waals surface area contributed by atoms with E-state index in [1.807, 2.05) is 13.1 Å². The highest BCUT2D eigenvalue weighted by molar-refractivity contribution is 5.84. The van der Waals surface area contributed by atoms with Crippen LogP contribution in [0.15, 0.2) is 30.5 Å². The van der Waals surface area contributed by atoms with E-state index in [0.29, 0.717) is 0 Å². The van der Waals surface area contributed by atoms with Crippen LogP contribution in [0.5, 0.6) is 0 Å². The molecule has 1 heterocycles. The van der Waals surface area contributed by atoms with Gasteiger partial charge in [-0.25, -0.2) is 0 Å². The molecule has 0 spiro atoms. The monoisotopic (exact) mass is 157 g/mol. The summed E-state index contributed by atoms with van der Waals surface area (Å²) in [7, 11) is 0. The summed E-state index contributed by atoms with van der Waals surface area (Å²) in [6, 6.07) is 8.49. The Hall–Kier alpha value is -1.37. The molecule has 0 aliphatic rings. The normalized spacial score (nSPS) is 10.5. The van der Waals surface area contributed by atoms with Crippen LogP contribution in [0, 0.1) is 13.8 Å². The highest BCUT2D eigenvalue weighted by Crippen LogP contribution is 2.16. The van der Waals surface area contributed by atoms with Crippen molar-refractivity contribution in [2.45, 2.75) is 13.8 Å². The van der Waals surface area contributed by atoms with Crippen LogP contribution in [0.2, 0.25) is 0 Å². The fraction of sp³-hybridized carbons (Fsp3) is 0.182. The number of aromatic nitrogens is 1. The van der Waals surface area contributed by atoms with Crippen LogP contribution >= 0.6 is 0 Å². The molecule has 2 aromatic rings. The van der Waals surface area contributed by atoms with E-state index >= 15 is 0 Å². The first-order valence-corrected chi connectivity index (χ1v) is 4.09. The fourth-order valence-electron chi connectivity index (χ4n) is 1.45. The second-order valence-electron chi connectivity index (χ2n) is 3.12. The van der Waals surface area contributed by atoms with Crippen LogP contribution in [0.3, 0.4) is 0 Å². The number of fused-ring (bicyclic) bond motifs is 1. The summed E-state index contributed by atoms with van der Waals surface area (Å²) in [6.07, 6.45) is 1.86. The van der Waals surface area contributed by atoms with Gasteiger partial charge in [0.15, 0.2) is 0 Å². The Morgan fingerprint density at radius 1 is 1.08 bits per heavy atom. The van der Waals surface area contributed by atoms with Gasteiger partial charge >= 0.3 is 0 Å². The minimum atomic E-state index is 1.10. The third kappa shape index (κ3) is 1.07. The van der Waals surface area contributed by atoms with Crippen molar-refractivity contribution in [3.63, 3.8) is 0 Å². The molecule has 1 aromatic heterocycles. The van der Waals surface area contributed by atoms with Crippen molar-refractivity contribution in [3.05, 3.63) is 41.7 Å². The lowest BCUT2D eigenvalue weighted by Crippen LogP contribution is -1.83. The van der Waals surface area contributed by atoms with Gasteiger partial charge < -0.3 is 0 Å². The molecule has 12 heavy (non-hydrogen) atoms. The molecule has 1 aromatic carbocycles. The first kappa shape index (κ1) is 7.29. The van der Waals surface area contributed by atoms with Crippen molar-refractivity contribution in [2.24, 2.45) is 0 Å². The minimum Gasteiger partial charge on any atom is -0.261 e. The summed E-state index contributed by atoms with van der Waals surface area (Å²) in [5.41, 5.74) is 2.40. The zero-order valence-electron chi connectivity index (χ0n) is 7.33. The number of hydrogen-bond donors (Lipinski definition) is 0. The first-order chi connectivity index (χ1) is 5.77. The Balaban J connectivity index is 2.86. The van der Waals surface area contributed by atoms with Crippen LogP contribution in [0.25, 0.3) is 10.8 Å². The largest absolute Gasteiger partial charge is 0.261 e. The Morgan fingerprint density at radius 3 is 2.75 bits per heavy atom. The SMILES string of the molecule is Cc1ccc2c(C)nccc2c1. The molecule has 0 fully saturated rings. The summed E-state index contributed by atoms with van der Waals surface area (Å²) in [6.45, 7) is 4.15. The standard InChI is InChI=1S/C11H11N/c1-8-3-4-11-9(2)12-6-5-10(11)7-8/h3-7H,1-2H3. The molecule has 0 amide bonds. The van der Waals surface area contributed by atoms with Crippen molar-refractivity contribution in [2.75, 3.05) is 0 Å². The topological polar surface area (TPSA) is 12.9 Å². The third-order valence-electron chi connectivity index (χ3n) is 2.12. The summed E-state index contributed by atoms with van der Waals surface area (Å²) in [5, 5.41) is 2.53. The number of hydrogen-bond acceptors (Lipinski definition) is 1. The van der Waals surface area contributed by atoms with Crippen molar-refractivity contribution >= 4 is 10.8 Å². The van der Waals surface area contributed by atoms with E-state index in [2.05, 4.69) is 36.2 Å².